The van der Waals surface area contributed by atoms with Crippen LogP contribution in [-0.2, 0) is 10.0 Å². The van der Waals surface area contributed by atoms with Crippen molar-refractivity contribution in [3.63, 3.8) is 0 Å². The predicted molar refractivity (Wildman–Crippen MR) is 99.6 cm³/mol. The molecule has 2 aromatic rings. The van der Waals surface area contributed by atoms with Crippen LogP contribution in [0.5, 0.6) is 0 Å². The van der Waals surface area contributed by atoms with Crippen LogP contribution >= 0.6 is 0 Å². The first-order chi connectivity index (χ1) is 12.4. The van der Waals surface area contributed by atoms with Gasteiger partial charge in [-0.05, 0) is 44.9 Å². The molecule has 0 aliphatic carbocycles. The highest BCUT2D eigenvalue weighted by Crippen LogP contribution is 2.22. The average Bonchev–Trinajstić information content (AvgIpc) is 3.11. The van der Waals surface area contributed by atoms with E-state index in [4.69, 9.17) is 0 Å². The summed E-state index contributed by atoms with van der Waals surface area (Å²) in [4.78, 5) is 12.7. The third kappa shape index (κ3) is 3.81. The van der Waals surface area contributed by atoms with Crippen molar-refractivity contribution in [1.29, 1.82) is 0 Å². The van der Waals surface area contributed by atoms with E-state index < -0.39 is 10.0 Å². The zero-order valence-corrected chi connectivity index (χ0v) is 15.9. The van der Waals surface area contributed by atoms with Crippen molar-refractivity contribution in [2.75, 3.05) is 18.4 Å². The number of anilines is 1. The van der Waals surface area contributed by atoms with Gasteiger partial charge in [0.25, 0.3) is 5.91 Å². The first-order valence-corrected chi connectivity index (χ1v) is 10.3. The molecule has 1 aliphatic heterocycles. The molecule has 0 atom stereocenters. The molecule has 1 N–H and O–H groups in total. The summed E-state index contributed by atoms with van der Waals surface area (Å²) >= 11 is 0. The largest absolute Gasteiger partial charge is 0.307 e. The van der Waals surface area contributed by atoms with Crippen LogP contribution in [0.25, 0.3) is 0 Å². The zero-order chi connectivity index (χ0) is 18.7. The minimum absolute atomic E-state index is 0.103. The fraction of sp³-hybridized carbons (Fsp3) is 0.444. The molecular weight excluding hydrogens is 352 g/mol. The number of benzene rings is 1. The summed E-state index contributed by atoms with van der Waals surface area (Å²) in [6, 6.07) is 8.01. The van der Waals surface area contributed by atoms with Crippen LogP contribution in [0.4, 0.5) is 5.82 Å². The number of amides is 1. The van der Waals surface area contributed by atoms with Gasteiger partial charge in [0, 0.05) is 30.8 Å². The first-order valence-electron chi connectivity index (χ1n) is 8.84. The Kier molecular flexibility index (Phi) is 5.43. The van der Waals surface area contributed by atoms with Crippen molar-refractivity contribution >= 4 is 21.7 Å². The molecule has 1 aromatic heterocycles. The summed E-state index contributed by atoms with van der Waals surface area (Å²) in [5.41, 5.74) is 0.305. The third-order valence-electron chi connectivity index (χ3n) is 4.45. The summed E-state index contributed by atoms with van der Waals surface area (Å²) in [5.74, 6) is 0.220. The normalized spacial score (nSPS) is 16.0. The second-order valence-corrected chi connectivity index (χ2v) is 8.64. The van der Waals surface area contributed by atoms with Crippen molar-refractivity contribution in [1.82, 2.24) is 14.1 Å². The number of aromatic nitrogens is 2. The lowest BCUT2D eigenvalue weighted by atomic mass is 10.2. The fourth-order valence-electron chi connectivity index (χ4n) is 3.07. The first kappa shape index (κ1) is 18.6. The Morgan fingerprint density at radius 2 is 1.88 bits per heavy atom. The Balaban J connectivity index is 1.82. The van der Waals surface area contributed by atoms with Crippen molar-refractivity contribution in [2.45, 2.75) is 44.0 Å². The number of hydrogen-bond acceptors (Lipinski definition) is 4. The second kappa shape index (κ2) is 7.59. The number of carbonyl (C=O) groups is 1. The average molecular weight is 376 g/mol. The molecule has 1 fully saturated rings. The highest BCUT2D eigenvalue weighted by Gasteiger charge is 2.26. The van der Waals surface area contributed by atoms with E-state index in [9.17, 15) is 13.2 Å². The number of piperidine rings is 1. The van der Waals surface area contributed by atoms with Crippen LogP contribution in [0.2, 0.25) is 0 Å². The maximum Gasteiger partial charge on any atom is 0.256 e. The molecular formula is C18H24N4O3S. The van der Waals surface area contributed by atoms with Gasteiger partial charge in [0.2, 0.25) is 10.0 Å². The van der Waals surface area contributed by atoms with Crippen molar-refractivity contribution in [2.24, 2.45) is 0 Å². The van der Waals surface area contributed by atoms with Crippen molar-refractivity contribution < 1.29 is 13.2 Å². The summed E-state index contributed by atoms with van der Waals surface area (Å²) < 4.78 is 28.8. The van der Waals surface area contributed by atoms with Gasteiger partial charge >= 0.3 is 0 Å². The molecule has 0 bridgehead atoms. The molecule has 0 unspecified atom stereocenters. The van der Waals surface area contributed by atoms with E-state index in [1.165, 1.54) is 10.4 Å². The van der Waals surface area contributed by atoms with Gasteiger partial charge in [-0.1, -0.05) is 12.5 Å². The molecule has 140 valence electrons. The highest BCUT2D eigenvalue weighted by molar-refractivity contribution is 7.89. The fourth-order valence-corrected chi connectivity index (χ4v) is 4.63. The van der Waals surface area contributed by atoms with Crippen molar-refractivity contribution in [3.05, 3.63) is 42.1 Å². The van der Waals surface area contributed by atoms with E-state index in [1.807, 2.05) is 13.8 Å². The van der Waals surface area contributed by atoms with Gasteiger partial charge in [0.05, 0.1) is 11.1 Å². The lowest BCUT2D eigenvalue weighted by Gasteiger charge is -2.26. The van der Waals surface area contributed by atoms with Crippen LogP contribution in [0, 0.1) is 0 Å². The topological polar surface area (TPSA) is 84.3 Å². The van der Waals surface area contributed by atoms with Gasteiger partial charge in [-0.3, -0.25) is 4.79 Å². The molecule has 0 spiro atoms. The molecule has 1 aliphatic rings. The van der Waals surface area contributed by atoms with Gasteiger partial charge in [-0.2, -0.15) is 9.40 Å². The Labute approximate surface area is 154 Å². The van der Waals surface area contributed by atoms with Gasteiger partial charge < -0.3 is 5.32 Å². The molecule has 3 rings (SSSR count). The van der Waals surface area contributed by atoms with E-state index in [-0.39, 0.29) is 16.8 Å². The maximum absolute atomic E-state index is 12.8. The maximum atomic E-state index is 12.8. The standard InChI is InChI=1S/C18H24N4O3S/c1-14(2)22-17(9-10-19-22)20-18(23)15-7-6-8-16(13-15)26(24,25)21-11-4-3-5-12-21/h6-10,13-14H,3-5,11-12H2,1-2H3,(H,20,23). The summed E-state index contributed by atoms with van der Waals surface area (Å²) in [5, 5.41) is 6.98. The van der Waals surface area contributed by atoms with Gasteiger partial charge in [0.15, 0.2) is 0 Å². The van der Waals surface area contributed by atoms with Gasteiger partial charge in [0.1, 0.15) is 5.82 Å². The Hall–Kier alpha value is -2.19. The molecule has 8 heteroatoms. The van der Waals surface area contributed by atoms with E-state index in [2.05, 4.69) is 10.4 Å². The number of sulfonamides is 1. The monoisotopic (exact) mass is 376 g/mol. The summed E-state index contributed by atoms with van der Waals surface area (Å²) in [7, 11) is -3.57. The van der Waals surface area contributed by atoms with E-state index >= 15 is 0 Å². The van der Waals surface area contributed by atoms with E-state index in [1.54, 1.807) is 35.1 Å². The minimum Gasteiger partial charge on any atom is -0.307 e. The van der Waals surface area contributed by atoms with E-state index in [0.29, 0.717) is 24.5 Å². The second-order valence-electron chi connectivity index (χ2n) is 6.70. The minimum atomic E-state index is -3.57. The predicted octanol–water partition coefficient (Wildman–Crippen LogP) is 2.89. The number of nitrogens with zero attached hydrogens (tertiary/aromatic N) is 3. The lowest BCUT2D eigenvalue weighted by molar-refractivity contribution is 0.102. The van der Waals surface area contributed by atoms with Gasteiger partial charge in [-0.25, -0.2) is 13.1 Å². The van der Waals surface area contributed by atoms with Crippen LogP contribution in [0.1, 0.15) is 49.5 Å². The van der Waals surface area contributed by atoms with Crippen LogP contribution in [0.3, 0.4) is 0 Å². The number of hydrogen-bond donors (Lipinski definition) is 1. The molecule has 0 saturated carbocycles. The molecule has 1 amide bonds. The van der Waals surface area contributed by atoms with Gasteiger partial charge in [-0.15, -0.1) is 0 Å². The number of rotatable bonds is 5. The van der Waals surface area contributed by atoms with Crippen LogP contribution < -0.4 is 5.32 Å². The number of nitrogens with one attached hydrogen (secondary N) is 1. The molecule has 1 saturated heterocycles. The van der Waals surface area contributed by atoms with E-state index in [0.717, 1.165) is 19.3 Å². The Morgan fingerprint density at radius 1 is 1.15 bits per heavy atom. The summed E-state index contributed by atoms with van der Waals surface area (Å²) in [6.07, 6.45) is 4.42. The van der Waals surface area contributed by atoms with Crippen LogP contribution in [-0.4, -0.2) is 41.5 Å². The summed E-state index contributed by atoms with van der Waals surface area (Å²) in [6.45, 7) is 5.00. The molecule has 7 nitrogen and oxygen atoms in total. The number of carbonyl (C=O) groups excluding carboxylic acids is 1. The molecule has 1 aromatic carbocycles. The zero-order valence-electron chi connectivity index (χ0n) is 15.1. The molecule has 2 heterocycles. The van der Waals surface area contributed by atoms with Crippen molar-refractivity contribution in [3.8, 4) is 0 Å². The van der Waals surface area contributed by atoms with Crippen LogP contribution in [0.15, 0.2) is 41.4 Å². The lowest BCUT2D eigenvalue weighted by Crippen LogP contribution is -2.35. The molecule has 0 radical (unpaired) electrons. The quantitative estimate of drug-likeness (QED) is 0.870. The highest BCUT2D eigenvalue weighted by atomic mass is 32.2. The smallest absolute Gasteiger partial charge is 0.256 e. The third-order valence-corrected chi connectivity index (χ3v) is 6.34. The Morgan fingerprint density at radius 3 is 2.58 bits per heavy atom. The molecule has 26 heavy (non-hydrogen) atoms. The Bertz CT molecular complexity index is 883. The SMILES string of the molecule is CC(C)n1nccc1NC(=O)c1cccc(S(=O)(=O)N2CCCCC2)c1.